The predicted molar refractivity (Wildman–Crippen MR) is 232 cm³/mol. The standard InChI is InChI=1S/C48H28N6S2/c1-4-13-29(14-5-1)43-50-46(32-23-25-39-36(27-32)34-19-10-11-21-38(34)55-39)52-47(51-43)33-24-26-40-37(28-33)42-35(20-12-22-41(42)56-40)48-53-44(30-15-6-2-7-16-30)49-45(54-48)31-17-8-3-9-18-31/h1-28H. The monoisotopic (exact) mass is 752 g/mol. The second-order valence-electron chi connectivity index (χ2n) is 13.5. The zero-order chi connectivity index (χ0) is 37.0. The van der Waals surface area contributed by atoms with Crippen LogP contribution >= 0.6 is 22.7 Å². The Morgan fingerprint density at radius 1 is 0.268 bits per heavy atom. The summed E-state index contributed by atoms with van der Waals surface area (Å²) in [6, 6.07) is 58.2. The van der Waals surface area contributed by atoms with Crippen molar-refractivity contribution in [3.63, 3.8) is 0 Å². The van der Waals surface area contributed by atoms with E-state index in [-0.39, 0.29) is 0 Å². The molecule has 6 nitrogen and oxygen atoms in total. The number of fused-ring (bicyclic) bond motifs is 6. The molecule has 4 heterocycles. The first kappa shape index (κ1) is 32.4. The maximum absolute atomic E-state index is 5.16. The van der Waals surface area contributed by atoms with Crippen molar-refractivity contribution < 1.29 is 0 Å². The number of benzene rings is 7. The summed E-state index contributed by atoms with van der Waals surface area (Å²) in [5.41, 5.74) is 5.60. The summed E-state index contributed by atoms with van der Waals surface area (Å²) in [7, 11) is 0. The number of nitrogens with zero attached hydrogens (tertiary/aromatic N) is 6. The molecular weight excluding hydrogens is 725 g/mol. The first-order chi connectivity index (χ1) is 27.7. The smallest absolute Gasteiger partial charge is 0.164 e. The lowest BCUT2D eigenvalue weighted by molar-refractivity contribution is 1.08. The van der Waals surface area contributed by atoms with E-state index in [0.29, 0.717) is 34.9 Å². The van der Waals surface area contributed by atoms with E-state index in [1.807, 2.05) is 91.0 Å². The predicted octanol–water partition coefficient (Wildman–Crippen LogP) is 12.8. The van der Waals surface area contributed by atoms with Crippen LogP contribution in [0.4, 0.5) is 0 Å². The summed E-state index contributed by atoms with van der Waals surface area (Å²) in [5.74, 6) is 3.76. The minimum absolute atomic E-state index is 0.612. The SMILES string of the molecule is c1ccc(-c2nc(-c3ccc4sc5ccccc5c4c3)nc(-c3ccc4sc5cccc(-c6nc(-c7ccccc7)nc(-c7ccccc7)n6)c5c4c3)n2)cc1. The molecule has 11 aromatic rings. The van der Waals surface area contributed by atoms with Crippen molar-refractivity contribution in [1.29, 1.82) is 0 Å². The number of rotatable bonds is 6. The van der Waals surface area contributed by atoms with Crippen LogP contribution in [0.15, 0.2) is 170 Å². The molecule has 0 aliphatic carbocycles. The minimum atomic E-state index is 0.612. The summed E-state index contributed by atoms with van der Waals surface area (Å²) >= 11 is 3.56. The highest BCUT2D eigenvalue weighted by atomic mass is 32.1. The quantitative estimate of drug-likeness (QED) is 0.168. The summed E-state index contributed by atoms with van der Waals surface area (Å²) < 4.78 is 4.81. The largest absolute Gasteiger partial charge is 0.208 e. The number of thiophene rings is 2. The molecule has 0 atom stereocenters. The Kier molecular flexibility index (Phi) is 7.75. The fraction of sp³-hybridized carbons (Fsp3) is 0. The van der Waals surface area contributed by atoms with Crippen LogP contribution in [0.1, 0.15) is 0 Å². The molecular formula is C48H28N6S2. The van der Waals surface area contributed by atoms with E-state index >= 15 is 0 Å². The molecule has 0 bridgehead atoms. The van der Waals surface area contributed by atoms with Gasteiger partial charge in [-0.2, -0.15) is 0 Å². The van der Waals surface area contributed by atoms with Crippen molar-refractivity contribution in [3.05, 3.63) is 170 Å². The first-order valence-corrected chi connectivity index (χ1v) is 19.9. The molecule has 0 fully saturated rings. The van der Waals surface area contributed by atoms with E-state index in [2.05, 4.69) is 78.9 Å². The van der Waals surface area contributed by atoms with Crippen molar-refractivity contribution in [3.8, 4) is 68.3 Å². The van der Waals surface area contributed by atoms with Gasteiger partial charge in [-0.1, -0.05) is 121 Å². The van der Waals surface area contributed by atoms with Gasteiger partial charge in [-0.15, -0.1) is 22.7 Å². The highest BCUT2D eigenvalue weighted by molar-refractivity contribution is 7.26. The maximum Gasteiger partial charge on any atom is 0.164 e. The average Bonchev–Trinajstić information content (AvgIpc) is 3.85. The lowest BCUT2D eigenvalue weighted by Gasteiger charge is -2.10. The van der Waals surface area contributed by atoms with Crippen molar-refractivity contribution >= 4 is 63.0 Å². The molecule has 0 amide bonds. The lowest BCUT2D eigenvalue weighted by Crippen LogP contribution is -2.00. The fourth-order valence-electron chi connectivity index (χ4n) is 7.30. The van der Waals surface area contributed by atoms with Crippen LogP contribution in [-0.4, -0.2) is 29.9 Å². The number of aromatic nitrogens is 6. The second kappa shape index (κ2) is 13.4. The van der Waals surface area contributed by atoms with Gasteiger partial charge in [0.05, 0.1) is 0 Å². The topological polar surface area (TPSA) is 77.3 Å². The van der Waals surface area contributed by atoms with E-state index in [1.54, 1.807) is 22.7 Å². The lowest BCUT2D eigenvalue weighted by atomic mass is 10.0. The van der Waals surface area contributed by atoms with Gasteiger partial charge in [-0.3, -0.25) is 0 Å². The molecule has 0 saturated heterocycles. The Labute approximate surface area is 329 Å². The van der Waals surface area contributed by atoms with Crippen LogP contribution in [-0.2, 0) is 0 Å². The van der Waals surface area contributed by atoms with E-state index in [9.17, 15) is 0 Å². The zero-order valence-electron chi connectivity index (χ0n) is 29.7. The molecule has 0 radical (unpaired) electrons. The van der Waals surface area contributed by atoms with Crippen molar-refractivity contribution in [2.75, 3.05) is 0 Å². The Hall–Kier alpha value is -7.00. The molecule has 56 heavy (non-hydrogen) atoms. The molecule has 0 aliphatic heterocycles. The van der Waals surface area contributed by atoms with Crippen molar-refractivity contribution in [1.82, 2.24) is 29.9 Å². The number of hydrogen-bond acceptors (Lipinski definition) is 8. The molecule has 0 aliphatic rings. The van der Waals surface area contributed by atoms with Gasteiger partial charge in [0.25, 0.3) is 0 Å². The molecule has 0 saturated carbocycles. The van der Waals surface area contributed by atoms with Crippen LogP contribution < -0.4 is 0 Å². The summed E-state index contributed by atoms with van der Waals surface area (Å²) in [4.78, 5) is 30.4. The Bertz CT molecular complexity index is 3190. The van der Waals surface area contributed by atoms with Crippen LogP contribution in [0.2, 0.25) is 0 Å². The third-order valence-electron chi connectivity index (χ3n) is 10.00. The molecule has 0 unspecified atom stereocenters. The Balaban J connectivity index is 1.10. The molecule has 0 N–H and O–H groups in total. The van der Waals surface area contributed by atoms with Crippen molar-refractivity contribution in [2.24, 2.45) is 0 Å². The van der Waals surface area contributed by atoms with Crippen LogP contribution in [0.25, 0.3) is 109 Å². The van der Waals surface area contributed by atoms with E-state index in [4.69, 9.17) is 29.9 Å². The Morgan fingerprint density at radius 2 is 0.679 bits per heavy atom. The maximum atomic E-state index is 5.16. The van der Waals surface area contributed by atoms with E-state index in [1.165, 1.54) is 20.2 Å². The average molecular weight is 753 g/mol. The normalized spacial score (nSPS) is 11.6. The van der Waals surface area contributed by atoms with Gasteiger partial charge in [-0.25, -0.2) is 29.9 Å². The molecule has 0 spiro atoms. The van der Waals surface area contributed by atoms with E-state index < -0.39 is 0 Å². The zero-order valence-corrected chi connectivity index (χ0v) is 31.3. The first-order valence-electron chi connectivity index (χ1n) is 18.3. The minimum Gasteiger partial charge on any atom is -0.208 e. The number of hydrogen-bond donors (Lipinski definition) is 0. The third kappa shape index (κ3) is 5.71. The van der Waals surface area contributed by atoms with E-state index in [0.717, 1.165) is 53.6 Å². The van der Waals surface area contributed by atoms with Gasteiger partial charge in [0, 0.05) is 73.7 Å². The van der Waals surface area contributed by atoms with Crippen LogP contribution in [0.5, 0.6) is 0 Å². The van der Waals surface area contributed by atoms with Gasteiger partial charge in [0.1, 0.15) is 0 Å². The molecule has 7 aromatic carbocycles. The van der Waals surface area contributed by atoms with Gasteiger partial charge in [-0.05, 0) is 48.5 Å². The van der Waals surface area contributed by atoms with Gasteiger partial charge in [0.15, 0.2) is 34.9 Å². The molecule has 262 valence electrons. The van der Waals surface area contributed by atoms with Crippen LogP contribution in [0, 0.1) is 0 Å². The summed E-state index contributed by atoms with van der Waals surface area (Å²) in [6.07, 6.45) is 0. The molecule has 11 rings (SSSR count). The van der Waals surface area contributed by atoms with Gasteiger partial charge >= 0.3 is 0 Å². The van der Waals surface area contributed by atoms with Crippen molar-refractivity contribution in [2.45, 2.75) is 0 Å². The highest BCUT2D eigenvalue weighted by Gasteiger charge is 2.19. The Morgan fingerprint density at radius 3 is 1.25 bits per heavy atom. The summed E-state index contributed by atoms with van der Waals surface area (Å²) in [5, 5.41) is 4.62. The molecule has 8 heteroatoms. The van der Waals surface area contributed by atoms with Gasteiger partial charge in [0.2, 0.25) is 0 Å². The second-order valence-corrected chi connectivity index (χ2v) is 15.7. The summed E-state index contributed by atoms with van der Waals surface area (Å²) in [6.45, 7) is 0. The van der Waals surface area contributed by atoms with Crippen LogP contribution in [0.3, 0.4) is 0 Å². The molecule has 4 aromatic heterocycles. The fourth-order valence-corrected chi connectivity index (χ4v) is 9.50. The van der Waals surface area contributed by atoms with Gasteiger partial charge < -0.3 is 0 Å². The highest BCUT2D eigenvalue weighted by Crippen LogP contribution is 2.42. The third-order valence-corrected chi connectivity index (χ3v) is 12.3.